The highest BCUT2D eigenvalue weighted by Crippen LogP contribution is 2.24. The SMILES string of the molecule is Cl.O=C(O)COc1ccc(Oc2ccc(Cl)cc2)cc1. The normalized spacial score (nSPS) is 9.45. The molecule has 0 radical (unpaired) electrons. The topological polar surface area (TPSA) is 55.8 Å². The molecule has 0 amide bonds. The molecule has 106 valence electrons. The van der Waals surface area contributed by atoms with Crippen molar-refractivity contribution in [3.8, 4) is 17.2 Å². The Morgan fingerprint density at radius 1 is 0.950 bits per heavy atom. The fourth-order valence-corrected chi connectivity index (χ4v) is 1.51. The number of hydrogen-bond donors (Lipinski definition) is 1. The standard InChI is InChI=1S/C14H11ClO4.ClH/c15-10-1-3-12(4-2-10)19-13-7-5-11(6-8-13)18-9-14(16)17;/h1-8H,9H2,(H,16,17);1H. The van der Waals surface area contributed by atoms with E-state index in [9.17, 15) is 4.79 Å². The number of rotatable bonds is 5. The third kappa shape index (κ3) is 4.99. The summed E-state index contributed by atoms with van der Waals surface area (Å²) in [5, 5.41) is 9.13. The van der Waals surface area contributed by atoms with Gasteiger partial charge in [0.05, 0.1) is 0 Å². The monoisotopic (exact) mass is 314 g/mol. The van der Waals surface area contributed by atoms with Crippen LogP contribution in [0.2, 0.25) is 5.02 Å². The summed E-state index contributed by atoms with van der Waals surface area (Å²) >= 11 is 5.78. The molecule has 2 aromatic rings. The van der Waals surface area contributed by atoms with Crippen molar-refractivity contribution in [2.24, 2.45) is 0 Å². The maximum atomic E-state index is 10.3. The quantitative estimate of drug-likeness (QED) is 0.905. The van der Waals surface area contributed by atoms with Crippen LogP contribution in [0.1, 0.15) is 0 Å². The number of benzene rings is 2. The minimum atomic E-state index is -1.01. The van der Waals surface area contributed by atoms with Crippen molar-refractivity contribution in [2.45, 2.75) is 0 Å². The van der Waals surface area contributed by atoms with Crippen LogP contribution >= 0.6 is 24.0 Å². The van der Waals surface area contributed by atoms with E-state index in [2.05, 4.69) is 0 Å². The zero-order chi connectivity index (χ0) is 13.7. The number of aliphatic carboxylic acids is 1. The number of hydrogen-bond acceptors (Lipinski definition) is 3. The Morgan fingerprint density at radius 2 is 1.40 bits per heavy atom. The van der Waals surface area contributed by atoms with E-state index in [1.54, 1.807) is 48.5 Å². The Bertz CT molecular complexity index is 552. The summed E-state index contributed by atoms with van der Waals surface area (Å²) in [5.41, 5.74) is 0. The zero-order valence-corrected chi connectivity index (χ0v) is 11.9. The van der Waals surface area contributed by atoms with Crippen LogP contribution < -0.4 is 9.47 Å². The van der Waals surface area contributed by atoms with E-state index >= 15 is 0 Å². The Balaban J connectivity index is 0.00000200. The van der Waals surface area contributed by atoms with Crippen LogP contribution in [0.15, 0.2) is 48.5 Å². The van der Waals surface area contributed by atoms with Crippen molar-refractivity contribution in [3.63, 3.8) is 0 Å². The first kappa shape index (κ1) is 16.1. The number of carbonyl (C=O) groups is 1. The second kappa shape index (κ2) is 7.62. The van der Waals surface area contributed by atoms with E-state index in [0.29, 0.717) is 22.3 Å². The Labute approximate surface area is 127 Å². The lowest BCUT2D eigenvalue weighted by atomic mass is 10.3. The van der Waals surface area contributed by atoms with Crippen molar-refractivity contribution in [1.29, 1.82) is 0 Å². The zero-order valence-electron chi connectivity index (χ0n) is 10.3. The van der Waals surface area contributed by atoms with Crippen molar-refractivity contribution < 1.29 is 19.4 Å². The first-order valence-electron chi connectivity index (χ1n) is 5.51. The molecule has 2 aromatic carbocycles. The van der Waals surface area contributed by atoms with Gasteiger partial charge in [-0.15, -0.1) is 12.4 Å². The summed E-state index contributed by atoms with van der Waals surface area (Å²) in [6.45, 7) is -0.364. The maximum absolute atomic E-state index is 10.3. The van der Waals surface area contributed by atoms with Gasteiger partial charge >= 0.3 is 5.97 Å². The van der Waals surface area contributed by atoms with Gasteiger partial charge in [-0.25, -0.2) is 4.79 Å². The predicted molar refractivity (Wildman–Crippen MR) is 78.3 cm³/mol. The van der Waals surface area contributed by atoms with Crippen LogP contribution in [0.3, 0.4) is 0 Å². The van der Waals surface area contributed by atoms with Gasteiger partial charge in [-0.05, 0) is 48.5 Å². The second-order valence-electron chi connectivity index (χ2n) is 3.71. The van der Waals surface area contributed by atoms with Crippen LogP contribution in [0.4, 0.5) is 0 Å². The highest BCUT2D eigenvalue weighted by atomic mass is 35.5. The Kier molecular flexibility index (Phi) is 6.15. The molecule has 0 aliphatic rings. The van der Waals surface area contributed by atoms with Crippen LogP contribution in [0.5, 0.6) is 17.2 Å². The molecule has 1 N–H and O–H groups in total. The summed E-state index contributed by atoms with van der Waals surface area (Å²) in [5.74, 6) is 0.765. The van der Waals surface area contributed by atoms with Gasteiger partial charge in [0, 0.05) is 5.02 Å². The number of carboxylic acid groups (broad SMARTS) is 1. The number of ether oxygens (including phenoxy) is 2. The van der Waals surface area contributed by atoms with Crippen LogP contribution in [-0.4, -0.2) is 17.7 Å². The van der Waals surface area contributed by atoms with E-state index < -0.39 is 5.97 Å². The minimum Gasteiger partial charge on any atom is -0.482 e. The number of halogens is 2. The first-order valence-corrected chi connectivity index (χ1v) is 5.89. The highest BCUT2D eigenvalue weighted by Gasteiger charge is 2.01. The molecule has 0 bridgehead atoms. The van der Waals surface area contributed by atoms with Gasteiger partial charge in [-0.2, -0.15) is 0 Å². The van der Waals surface area contributed by atoms with Gasteiger partial charge in [0.2, 0.25) is 0 Å². The molecule has 0 unspecified atom stereocenters. The summed E-state index contributed by atoms with van der Waals surface area (Å²) in [7, 11) is 0. The van der Waals surface area contributed by atoms with E-state index in [1.807, 2.05) is 0 Å². The molecule has 0 aliphatic heterocycles. The molecule has 0 aromatic heterocycles. The van der Waals surface area contributed by atoms with Crippen molar-refractivity contribution in [3.05, 3.63) is 53.6 Å². The van der Waals surface area contributed by atoms with Gasteiger partial charge in [0.25, 0.3) is 0 Å². The average Bonchev–Trinajstić information content (AvgIpc) is 2.40. The lowest BCUT2D eigenvalue weighted by molar-refractivity contribution is -0.139. The summed E-state index contributed by atoms with van der Waals surface area (Å²) in [6.07, 6.45) is 0. The molecule has 6 heteroatoms. The van der Waals surface area contributed by atoms with Gasteiger partial charge in [0.15, 0.2) is 6.61 Å². The van der Waals surface area contributed by atoms with E-state index in [0.717, 1.165) is 0 Å². The lowest BCUT2D eigenvalue weighted by Gasteiger charge is -2.07. The predicted octanol–water partition coefficient (Wildman–Crippen LogP) is 4.02. The van der Waals surface area contributed by atoms with Gasteiger partial charge in [-0.1, -0.05) is 11.6 Å². The summed E-state index contributed by atoms with van der Waals surface area (Å²) in [6, 6.07) is 13.7. The third-order valence-corrected chi connectivity index (χ3v) is 2.49. The summed E-state index contributed by atoms with van der Waals surface area (Å²) in [4.78, 5) is 10.3. The molecule has 4 nitrogen and oxygen atoms in total. The van der Waals surface area contributed by atoms with Gasteiger partial charge in [-0.3, -0.25) is 0 Å². The van der Waals surface area contributed by atoms with E-state index in [-0.39, 0.29) is 19.0 Å². The molecule has 0 fully saturated rings. The van der Waals surface area contributed by atoms with Crippen molar-refractivity contribution in [2.75, 3.05) is 6.61 Å². The average molecular weight is 315 g/mol. The van der Waals surface area contributed by atoms with Crippen LogP contribution in [-0.2, 0) is 4.79 Å². The largest absolute Gasteiger partial charge is 0.482 e. The second-order valence-corrected chi connectivity index (χ2v) is 4.15. The fraction of sp³-hybridized carbons (Fsp3) is 0.0714. The van der Waals surface area contributed by atoms with Crippen molar-refractivity contribution in [1.82, 2.24) is 0 Å². The highest BCUT2D eigenvalue weighted by molar-refractivity contribution is 6.30. The molecule has 0 aliphatic carbocycles. The minimum absolute atomic E-state index is 0. The molecule has 0 saturated carbocycles. The van der Waals surface area contributed by atoms with Gasteiger partial charge < -0.3 is 14.6 Å². The molecule has 0 saturated heterocycles. The molecule has 2 rings (SSSR count). The molecular formula is C14H12Cl2O4. The number of carboxylic acids is 1. The fourth-order valence-electron chi connectivity index (χ4n) is 1.39. The summed E-state index contributed by atoms with van der Waals surface area (Å²) < 4.78 is 10.6. The van der Waals surface area contributed by atoms with Crippen LogP contribution in [0.25, 0.3) is 0 Å². The Morgan fingerprint density at radius 3 is 1.90 bits per heavy atom. The maximum Gasteiger partial charge on any atom is 0.341 e. The molecular weight excluding hydrogens is 303 g/mol. The first-order chi connectivity index (χ1) is 9.13. The van der Waals surface area contributed by atoms with Crippen molar-refractivity contribution >= 4 is 30.0 Å². The third-order valence-electron chi connectivity index (χ3n) is 2.24. The van der Waals surface area contributed by atoms with Gasteiger partial charge in [0.1, 0.15) is 17.2 Å². The molecule has 0 atom stereocenters. The molecule has 0 spiro atoms. The van der Waals surface area contributed by atoms with E-state index in [1.165, 1.54) is 0 Å². The molecule has 0 heterocycles. The van der Waals surface area contributed by atoms with Crippen LogP contribution in [0, 0.1) is 0 Å². The van der Waals surface area contributed by atoms with E-state index in [4.69, 9.17) is 26.2 Å². The Hall–Kier alpha value is -1.91. The molecule has 20 heavy (non-hydrogen) atoms. The smallest absolute Gasteiger partial charge is 0.341 e. The lowest BCUT2D eigenvalue weighted by Crippen LogP contribution is -2.09.